The molecule has 2 saturated carbocycles. The third kappa shape index (κ3) is 4.56. The van der Waals surface area contributed by atoms with Gasteiger partial charge in [0, 0.05) is 12.0 Å². The number of alkyl halides is 2. The Labute approximate surface area is 118 Å². The minimum absolute atomic E-state index is 0. The van der Waals surface area contributed by atoms with E-state index in [1.165, 1.54) is 19.3 Å². The van der Waals surface area contributed by atoms with E-state index >= 15 is 0 Å². The van der Waals surface area contributed by atoms with Crippen LogP contribution in [0.2, 0.25) is 0 Å². The minimum atomic E-state index is -2.25. The summed E-state index contributed by atoms with van der Waals surface area (Å²) in [7, 11) is 0. The van der Waals surface area contributed by atoms with E-state index < -0.39 is 12.3 Å². The maximum atomic E-state index is 12.2. The zero-order chi connectivity index (χ0) is 11.5. The van der Waals surface area contributed by atoms with Crippen molar-refractivity contribution in [3.05, 3.63) is 0 Å². The summed E-state index contributed by atoms with van der Waals surface area (Å²) in [6, 6.07) is 0.136. The van der Waals surface area contributed by atoms with E-state index in [9.17, 15) is 8.78 Å². The van der Waals surface area contributed by atoms with Gasteiger partial charge in [0.25, 0.3) is 0 Å². The van der Waals surface area contributed by atoms with E-state index in [0.717, 1.165) is 12.8 Å². The smallest absolute Gasteiger partial charge is 0.243 e. The summed E-state index contributed by atoms with van der Waals surface area (Å²) in [6.07, 6.45) is 4.16. The summed E-state index contributed by atoms with van der Waals surface area (Å²) >= 11 is 0. The van der Waals surface area contributed by atoms with Gasteiger partial charge < -0.3 is 11.1 Å². The molecule has 3 nitrogen and oxygen atoms in total. The van der Waals surface area contributed by atoms with Crippen molar-refractivity contribution in [3.8, 4) is 0 Å². The van der Waals surface area contributed by atoms with Gasteiger partial charge in [0.2, 0.25) is 6.43 Å². The van der Waals surface area contributed by atoms with Crippen molar-refractivity contribution in [2.24, 2.45) is 16.6 Å². The lowest BCUT2D eigenvalue weighted by Gasteiger charge is -2.23. The highest BCUT2D eigenvalue weighted by atomic mass is 127. The van der Waals surface area contributed by atoms with Crippen molar-refractivity contribution >= 4 is 29.9 Å². The molecule has 17 heavy (non-hydrogen) atoms. The lowest BCUT2D eigenvalue weighted by Crippen LogP contribution is -2.41. The summed E-state index contributed by atoms with van der Waals surface area (Å²) in [5.41, 5.74) is 5.70. The highest BCUT2D eigenvalue weighted by Crippen LogP contribution is 2.38. The van der Waals surface area contributed by atoms with Crippen molar-refractivity contribution in [1.82, 2.24) is 5.32 Å². The fraction of sp³-hybridized carbons (Fsp3) is 0.909. The van der Waals surface area contributed by atoms with Crippen LogP contribution in [0.25, 0.3) is 0 Å². The monoisotopic (exact) mass is 359 g/mol. The predicted molar refractivity (Wildman–Crippen MR) is 74.9 cm³/mol. The molecular formula is C11H20F2IN3. The number of nitrogens with one attached hydrogen (secondary N) is 1. The number of nitrogens with two attached hydrogens (primary N) is 1. The summed E-state index contributed by atoms with van der Waals surface area (Å²) < 4.78 is 24.5. The van der Waals surface area contributed by atoms with Crippen LogP contribution >= 0.6 is 24.0 Å². The van der Waals surface area contributed by atoms with Crippen LogP contribution in [-0.2, 0) is 0 Å². The number of guanidine groups is 1. The molecule has 3 N–H and O–H groups in total. The molecule has 2 atom stereocenters. The molecule has 6 heteroatoms. The molecule has 0 aromatic rings. The van der Waals surface area contributed by atoms with Gasteiger partial charge >= 0.3 is 0 Å². The number of aliphatic imine (C=N–C) groups is 1. The number of nitrogens with zero attached hydrogens (tertiary/aromatic N) is 1. The quantitative estimate of drug-likeness (QED) is 0.462. The molecule has 0 amide bonds. The van der Waals surface area contributed by atoms with E-state index in [1.807, 2.05) is 0 Å². The molecule has 0 unspecified atom stereocenters. The van der Waals surface area contributed by atoms with Crippen molar-refractivity contribution in [1.29, 1.82) is 0 Å². The largest absolute Gasteiger partial charge is 0.370 e. The Morgan fingerprint density at radius 3 is 2.41 bits per heavy atom. The molecular weight excluding hydrogens is 339 g/mol. The topological polar surface area (TPSA) is 50.4 Å². The Morgan fingerprint density at radius 1 is 1.24 bits per heavy atom. The normalized spacial score (nSPS) is 29.9. The molecule has 2 rings (SSSR count). The summed E-state index contributed by atoms with van der Waals surface area (Å²) in [4.78, 5) is 4.09. The van der Waals surface area contributed by atoms with Crippen LogP contribution in [0.4, 0.5) is 8.78 Å². The molecule has 2 aliphatic carbocycles. The van der Waals surface area contributed by atoms with E-state index in [2.05, 4.69) is 10.3 Å². The average molecular weight is 359 g/mol. The molecule has 0 heterocycles. The third-order valence-corrected chi connectivity index (χ3v) is 3.39. The van der Waals surface area contributed by atoms with Crippen LogP contribution in [0, 0.1) is 5.92 Å². The second kappa shape index (κ2) is 6.70. The second-order valence-electron chi connectivity index (χ2n) is 4.79. The van der Waals surface area contributed by atoms with Gasteiger partial charge in [-0.25, -0.2) is 13.8 Å². The van der Waals surface area contributed by atoms with E-state index in [1.54, 1.807) is 0 Å². The molecule has 0 aromatic heterocycles. The first-order valence-corrected chi connectivity index (χ1v) is 6.05. The van der Waals surface area contributed by atoms with E-state index in [0.29, 0.717) is 18.4 Å². The van der Waals surface area contributed by atoms with Gasteiger partial charge in [0.1, 0.15) is 0 Å². The molecule has 0 aliphatic heterocycles. The third-order valence-electron chi connectivity index (χ3n) is 3.39. The maximum Gasteiger partial charge on any atom is 0.243 e. The van der Waals surface area contributed by atoms with Crippen LogP contribution in [0.3, 0.4) is 0 Å². The van der Waals surface area contributed by atoms with Crippen LogP contribution in [-0.4, -0.2) is 24.5 Å². The molecule has 0 aromatic carbocycles. The highest BCUT2D eigenvalue weighted by molar-refractivity contribution is 14.0. The van der Waals surface area contributed by atoms with Crippen molar-refractivity contribution < 1.29 is 8.78 Å². The molecule has 100 valence electrons. The Kier molecular flexibility index (Phi) is 5.88. The zero-order valence-corrected chi connectivity index (χ0v) is 12.1. The van der Waals surface area contributed by atoms with Crippen LogP contribution in [0.1, 0.15) is 38.5 Å². The average Bonchev–Trinajstić information content (AvgIpc) is 2.98. The molecule has 0 saturated heterocycles. The molecule has 2 aliphatic rings. The summed E-state index contributed by atoms with van der Waals surface area (Å²) in [5, 5.41) is 3.13. The van der Waals surface area contributed by atoms with Gasteiger partial charge in [-0.2, -0.15) is 0 Å². The van der Waals surface area contributed by atoms with Crippen LogP contribution < -0.4 is 11.1 Å². The summed E-state index contributed by atoms with van der Waals surface area (Å²) in [6.45, 7) is 0. The fourth-order valence-corrected chi connectivity index (χ4v) is 2.29. The van der Waals surface area contributed by atoms with Crippen molar-refractivity contribution in [3.63, 3.8) is 0 Å². The summed E-state index contributed by atoms with van der Waals surface area (Å²) in [5.74, 6) is -0.216. The number of rotatable bonds is 3. The second-order valence-corrected chi connectivity index (χ2v) is 4.79. The number of hydrogen-bond acceptors (Lipinski definition) is 1. The van der Waals surface area contributed by atoms with Gasteiger partial charge in [-0.3, -0.25) is 0 Å². The number of hydrogen-bond donors (Lipinski definition) is 2. The Bertz CT molecular complexity index is 267. The molecule has 0 spiro atoms. The minimum Gasteiger partial charge on any atom is -0.370 e. The molecule has 0 radical (unpaired) electrons. The first kappa shape index (κ1) is 14.9. The Hall–Kier alpha value is -0.140. The van der Waals surface area contributed by atoms with Gasteiger partial charge in [-0.15, -0.1) is 24.0 Å². The van der Waals surface area contributed by atoms with Crippen molar-refractivity contribution in [2.75, 3.05) is 0 Å². The predicted octanol–water partition coefficient (Wildman–Crippen LogP) is 2.50. The molecule has 2 fully saturated rings. The first-order chi connectivity index (χ1) is 7.66. The number of halogens is 3. The molecule has 0 bridgehead atoms. The van der Waals surface area contributed by atoms with Gasteiger partial charge in [0.15, 0.2) is 5.96 Å². The van der Waals surface area contributed by atoms with E-state index in [4.69, 9.17) is 5.73 Å². The maximum absolute atomic E-state index is 12.2. The lowest BCUT2D eigenvalue weighted by molar-refractivity contribution is 0.121. The van der Waals surface area contributed by atoms with Crippen LogP contribution in [0.15, 0.2) is 4.99 Å². The van der Waals surface area contributed by atoms with Gasteiger partial charge in [-0.1, -0.05) is 19.3 Å². The van der Waals surface area contributed by atoms with Gasteiger partial charge in [-0.05, 0) is 19.3 Å². The van der Waals surface area contributed by atoms with E-state index in [-0.39, 0.29) is 30.0 Å². The fourth-order valence-electron chi connectivity index (χ4n) is 2.29. The van der Waals surface area contributed by atoms with Crippen LogP contribution in [0.5, 0.6) is 0 Å². The lowest BCUT2D eigenvalue weighted by atomic mass is 9.96. The van der Waals surface area contributed by atoms with Crippen molar-refractivity contribution in [2.45, 2.75) is 57.0 Å². The first-order valence-electron chi connectivity index (χ1n) is 6.05. The Morgan fingerprint density at radius 2 is 1.88 bits per heavy atom. The van der Waals surface area contributed by atoms with Gasteiger partial charge in [0.05, 0.1) is 6.04 Å². The standard InChI is InChI=1S/C11H19F2N3.HI/c12-10(13)8-6-9(8)16-11(14)15-7-4-2-1-3-5-7;/h7-10H,1-6H2,(H3,14,15,16);1H/t8-,9-;/m0./s1. The SMILES string of the molecule is I.NC(=N[C@H]1C[C@@H]1C(F)F)NC1CCCCC1. The Balaban J connectivity index is 0.00000144. The highest BCUT2D eigenvalue weighted by Gasteiger charge is 2.44. The zero-order valence-electron chi connectivity index (χ0n) is 9.74.